The number of hydrogen-bond donors (Lipinski definition) is 1. The van der Waals surface area contributed by atoms with Gasteiger partial charge in [-0.05, 0) is 46.6 Å². The van der Waals surface area contributed by atoms with E-state index in [1.54, 1.807) is 11.3 Å². The van der Waals surface area contributed by atoms with E-state index >= 15 is 0 Å². The maximum Gasteiger partial charge on any atom is 0.0431 e. The summed E-state index contributed by atoms with van der Waals surface area (Å²) in [5.41, 5.74) is 0. The third-order valence-electron chi connectivity index (χ3n) is 1.50. The normalized spacial score (nSPS) is 10.4. The van der Waals surface area contributed by atoms with Crippen molar-refractivity contribution in [3.8, 4) is 0 Å². The van der Waals surface area contributed by atoms with Gasteiger partial charge in [0.05, 0.1) is 0 Å². The first kappa shape index (κ1) is 9.23. The summed E-state index contributed by atoms with van der Waals surface area (Å²) >= 11 is 5.24. The second kappa shape index (κ2) is 4.91. The van der Waals surface area contributed by atoms with E-state index in [0.717, 1.165) is 19.3 Å². The largest absolute Gasteiger partial charge is 0.396 e. The first-order valence-corrected chi connectivity index (χ1v) is 5.34. The van der Waals surface area contributed by atoms with Crippen molar-refractivity contribution < 1.29 is 5.11 Å². The van der Waals surface area contributed by atoms with Crippen LogP contribution in [-0.4, -0.2) is 11.7 Å². The molecule has 0 aliphatic carbocycles. The Morgan fingerprint density at radius 1 is 1.45 bits per heavy atom. The molecule has 0 atom stereocenters. The lowest BCUT2D eigenvalue weighted by molar-refractivity contribution is 0.285. The average Bonchev–Trinajstić information content (AvgIpc) is 2.37. The van der Waals surface area contributed by atoms with Crippen molar-refractivity contribution in [3.63, 3.8) is 0 Å². The molecule has 0 radical (unpaired) electrons. The van der Waals surface area contributed by atoms with E-state index < -0.39 is 0 Å². The molecule has 0 saturated carbocycles. The molecule has 0 spiro atoms. The van der Waals surface area contributed by atoms with E-state index in [1.807, 2.05) is 0 Å². The molecular weight excluding hydrogens is 224 g/mol. The maximum atomic E-state index is 8.56. The lowest BCUT2D eigenvalue weighted by Crippen LogP contribution is -1.85. The van der Waals surface area contributed by atoms with E-state index in [9.17, 15) is 0 Å². The molecule has 0 fully saturated rings. The van der Waals surface area contributed by atoms with Gasteiger partial charge in [-0.1, -0.05) is 0 Å². The number of hydrogen-bond acceptors (Lipinski definition) is 2. The van der Waals surface area contributed by atoms with Gasteiger partial charge in [-0.2, -0.15) is 0 Å². The molecule has 1 aromatic heterocycles. The number of thiophene rings is 1. The van der Waals surface area contributed by atoms with Gasteiger partial charge in [0, 0.05) is 16.0 Å². The van der Waals surface area contributed by atoms with Crippen LogP contribution in [0.1, 0.15) is 17.7 Å². The van der Waals surface area contributed by atoms with Gasteiger partial charge in [0.1, 0.15) is 0 Å². The molecule has 0 aromatic carbocycles. The highest BCUT2D eigenvalue weighted by Gasteiger charge is 1.99. The molecule has 0 aliphatic heterocycles. The van der Waals surface area contributed by atoms with Crippen molar-refractivity contribution >= 4 is 27.3 Å². The minimum atomic E-state index is 0.309. The summed E-state index contributed by atoms with van der Waals surface area (Å²) in [7, 11) is 0. The quantitative estimate of drug-likeness (QED) is 0.795. The number of halogens is 1. The average molecular weight is 235 g/mol. The van der Waals surface area contributed by atoms with Crippen LogP contribution in [0.2, 0.25) is 0 Å². The van der Waals surface area contributed by atoms with Gasteiger partial charge in [0.25, 0.3) is 0 Å². The summed E-state index contributed by atoms with van der Waals surface area (Å²) in [4.78, 5) is 1.39. The number of rotatable bonds is 4. The zero-order valence-corrected chi connectivity index (χ0v) is 8.62. The minimum absolute atomic E-state index is 0.309. The zero-order chi connectivity index (χ0) is 8.10. The van der Waals surface area contributed by atoms with Gasteiger partial charge >= 0.3 is 0 Å². The fourth-order valence-corrected chi connectivity index (χ4v) is 2.50. The summed E-state index contributed by atoms with van der Waals surface area (Å²) in [6, 6.07) is 2.07. The predicted molar refractivity (Wildman–Crippen MR) is 52.0 cm³/mol. The van der Waals surface area contributed by atoms with Gasteiger partial charge < -0.3 is 5.11 Å². The Morgan fingerprint density at radius 3 is 2.82 bits per heavy atom. The Morgan fingerprint density at radius 2 is 2.27 bits per heavy atom. The Kier molecular flexibility index (Phi) is 4.12. The minimum Gasteiger partial charge on any atom is -0.396 e. The van der Waals surface area contributed by atoms with Gasteiger partial charge in [-0.25, -0.2) is 0 Å². The number of aliphatic hydroxyl groups excluding tert-OH is 1. The van der Waals surface area contributed by atoms with Crippen LogP contribution in [0.3, 0.4) is 0 Å². The second-order valence-corrected chi connectivity index (χ2v) is 4.23. The molecule has 1 rings (SSSR count). The van der Waals surface area contributed by atoms with Crippen LogP contribution >= 0.6 is 27.3 Å². The van der Waals surface area contributed by atoms with Crippen LogP contribution in [0.15, 0.2) is 15.9 Å². The summed E-state index contributed by atoms with van der Waals surface area (Å²) < 4.78 is 1.21. The van der Waals surface area contributed by atoms with Crippen molar-refractivity contribution in [3.05, 3.63) is 20.8 Å². The Bertz CT molecular complexity index is 210. The fourth-order valence-electron chi connectivity index (χ4n) is 0.901. The highest BCUT2D eigenvalue weighted by Crippen LogP contribution is 2.24. The Hall–Kier alpha value is 0.140. The molecule has 1 N–H and O–H groups in total. The molecule has 0 amide bonds. The van der Waals surface area contributed by atoms with Crippen LogP contribution in [0.5, 0.6) is 0 Å². The van der Waals surface area contributed by atoms with Crippen molar-refractivity contribution in [2.75, 3.05) is 6.61 Å². The highest BCUT2D eigenvalue weighted by molar-refractivity contribution is 9.10. The lowest BCUT2D eigenvalue weighted by Gasteiger charge is -1.95. The van der Waals surface area contributed by atoms with E-state index in [2.05, 4.69) is 27.4 Å². The monoisotopic (exact) mass is 234 g/mol. The SMILES string of the molecule is OCCCCc1sccc1Br. The van der Waals surface area contributed by atoms with Crippen LogP contribution in [0.4, 0.5) is 0 Å². The third-order valence-corrected chi connectivity index (χ3v) is 3.49. The van der Waals surface area contributed by atoms with Crippen molar-refractivity contribution in [1.82, 2.24) is 0 Å². The highest BCUT2D eigenvalue weighted by atomic mass is 79.9. The molecule has 11 heavy (non-hydrogen) atoms. The standard InChI is InChI=1S/C8H11BrOS/c9-7-4-6-11-8(7)3-1-2-5-10/h4,6,10H,1-3,5H2. The lowest BCUT2D eigenvalue weighted by atomic mass is 10.2. The smallest absolute Gasteiger partial charge is 0.0431 e. The zero-order valence-electron chi connectivity index (χ0n) is 6.22. The van der Waals surface area contributed by atoms with Crippen molar-refractivity contribution in [2.24, 2.45) is 0 Å². The fraction of sp³-hybridized carbons (Fsp3) is 0.500. The summed E-state index contributed by atoms with van der Waals surface area (Å²) in [5.74, 6) is 0. The van der Waals surface area contributed by atoms with E-state index in [1.165, 1.54) is 9.35 Å². The van der Waals surface area contributed by atoms with E-state index in [-0.39, 0.29) is 0 Å². The van der Waals surface area contributed by atoms with E-state index in [4.69, 9.17) is 5.11 Å². The summed E-state index contributed by atoms with van der Waals surface area (Å²) in [5, 5.41) is 10.6. The van der Waals surface area contributed by atoms with Crippen LogP contribution in [-0.2, 0) is 6.42 Å². The van der Waals surface area contributed by atoms with Gasteiger partial charge in [0.15, 0.2) is 0 Å². The molecule has 1 aromatic rings. The molecule has 0 unspecified atom stereocenters. The maximum absolute atomic E-state index is 8.56. The molecule has 62 valence electrons. The van der Waals surface area contributed by atoms with Crippen molar-refractivity contribution in [2.45, 2.75) is 19.3 Å². The summed E-state index contributed by atoms with van der Waals surface area (Å²) in [6.45, 7) is 0.309. The Labute approximate surface area is 79.2 Å². The van der Waals surface area contributed by atoms with Crippen LogP contribution in [0, 0.1) is 0 Å². The number of aliphatic hydroxyl groups is 1. The second-order valence-electron chi connectivity index (χ2n) is 2.37. The predicted octanol–water partition coefficient (Wildman–Crippen LogP) is 2.83. The third kappa shape index (κ3) is 2.93. The topological polar surface area (TPSA) is 20.2 Å². The molecule has 0 saturated heterocycles. The molecule has 0 aliphatic rings. The van der Waals surface area contributed by atoms with Crippen LogP contribution in [0.25, 0.3) is 0 Å². The molecule has 3 heteroatoms. The molecule has 1 nitrogen and oxygen atoms in total. The molecule has 1 heterocycles. The first-order valence-electron chi connectivity index (χ1n) is 3.67. The van der Waals surface area contributed by atoms with Crippen LogP contribution < -0.4 is 0 Å². The molecule has 0 bridgehead atoms. The Balaban J connectivity index is 2.32. The van der Waals surface area contributed by atoms with Crippen molar-refractivity contribution in [1.29, 1.82) is 0 Å². The number of aryl methyl sites for hydroxylation is 1. The van der Waals surface area contributed by atoms with Gasteiger partial charge in [0.2, 0.25) is 0 Å². The van der Waals surface area contributed by atoms with Gasteiger partial charge in [-0.15, -0.1) is 11.3 Å². The van der Waals surface area contributed by atoms with Gasteiger partial charge in [-0.3, -0.25) is 0 Å². The van der Waals surface area contributed by atoms with E-state index in [0.29, 0.717) is 6.61 Å². The first-order chi connectivity index (χ1) is 5.34. The number of unbranched alkanes of at least 4 members (excludes halogenated alkanes) is 1. The summed E-state index contributed by atoms with van der Waals surface area (Å²) in [6.07, 6.45) is 3.07. The molecular formula is C8H11BrOS.